The van der Waals surface area contributed by atoms with Crippen LogP contribution in [0.25, 0.3) is 0 Å². The maximum atomic E-state index is 12.7. The molecule has 1 aromatic rings. The van der Waals surface area contributed by atoms with Crippen LogP contribution in [0.15, 0.2) is 18.2 Å². The number of alkyl halides is 6. The van der Waals surface area contributed by atoms with Crippen molar-refractivity contribution in [3.8, 4) is 5.75 Å². The molecule has 1 amide bonds. The first-order valence-electron chi connectivity index (χ1n) is 7.19. The fraction of sp³-hybridized carbons (Fsp3) is 0.533. The Balaban J connectivity index is 2.93. The zero-order chi connectivity index (χ0) is 18.5. The minimum Gasteiger partial charge on any atom is -0.484 e. The van der Waals surface area contributed by atoms with E-state index in [2.05, 4.69) is 5.32 Å². The second-order valence-electron chi connectivity index (χ2n) is 5.11. The maximum absolute atomic E-state index is 12.7. The van der Waals surface area contributed by atoms with E-state index in [1.807, 2.05) is 13.8 Å². The summed E-state index contributed by atoms with van der Waals surface area (Å²) in [6, 6.07) is 0.726. The van der Waals surface area contributed by atoms with Gasteiger partial charge in [-0.15, -0.1) is 0 Å². The lowest BCUT2D eigenvalue weighted by Crippen LogP contribution is -2.37. The van der Waals surface area contributed by atoms with E-state index in [4.69, 9.17) is 4.74 Å². The lowest BCUT2D eigenvalue weighted by atomic mass is 10.1. The highest BCUT2D eigenvalue weighted by Crippen LogP contribution is 2.38. The van der Waals surface area contributed by atoms with Crippen LogP contribution in [0.3, 0.4) is 0 Å². The second kappa shape index (κ2) is 7.76. The second-order valence-corrected chi connectivity index (χ2v) is 5.11. The Morgan fingerprint density at radius 2 is 1.46 bits per heavy atom. The van der Waals surface area contributed by atoms with Crippen LogP contribution in [0.5, 0.6) is 5.75 Å². The van der Waals surface area contributed by atoms with Crippen LogP contribution in [0.2, 0.25) is 0 Å². The van der Waals surface area contributed by atoms with Gasteiger partial charge in [-0.2, -0.15) is 26.3 Å². The Bertz CT molecular complexity index is 532. The summed E-state index contributed by atoms with van der Waals surface area (Å²) >= 11 is 0. The van der Waals surface area contributed by atoms with E-state index >= 15 is 0 Å². The molecule has 1 aromatic carbocycles. The van der Waals surface area contributed by atoms with Gasteiger partial charge in [0.05, 0.1) is 11.1 Å². The minimum atomic E-state index is -4.96. The molecule has 0 heterocycles. The number of ether oxygens (including phenoxy) is 1. The largest absolute Gasteiger partial charge is 0.484 e. The number of hydrogen-bond acceptors (Lipinski definition) is 2. The van der Waals surface area contributed by atoms with E-state index in [9.17, 15) is 31.1 Å². The van der Waals surface area contributed by atoms with Gasteiger partial charge in [0, 0.05) is 6.04 Å². The molecule has 24 heavy (non-hydrogen) atoms. The van der Waals surface area contributed by atoms with Crippen molar-refractivity contribution in [2.45, 2.75) is 45.1 Å². The first-order valence-corrected chi connectivity index (χ1v) is 7.19. The van der Waals surface area contributed by atoms with Crippen molar-refractivity contribution in [2.75, 3.05) is 6.61 Å². The lowest BCUT2D eigenvalue weighted by Gasteiger charge is -2.16. The average Bonchev–Trinajstić information content (AvgIpc) is 2.48. The third-order valence-corrected chi connectivity index (χ3v) is 3.28. The van der Waals surface area contributed by atoms with Crippen molar-refractivity contribution in [2.24, 2.45) is 0 Å². The van der Waals surface area contributed by atoms with E-state index < -0.39 is 41.7 Å². The molecule has 3 nitrogen and oxygen atoms in total. The van der Waals surface area contributed by atoms with E-state index in [0.29, 0.717) is 25.0 Å². The number of hydrogen-bond donors (Lipinski definition) is 1. The van der Waals surface area contributed by atoms with E-state index in [0.717, 1.165) is 0 Å². The molecular formula is C15H17F6NO2. The molecule has 0 radical (unpaired) electrons. The van der Waals surface area contributed by atoms with Gasteiger partial charge < -0.3 is 10.1 Å². The van der Waals surface area contributed by atoms with Gasteiger partial charge in [-0.3, -0.25) is 4.79 Å². The topological polar surface area (TPSA) is 38.3 Å². The van der Waals surface area contributed by atoms with Crippen molar-refractivity contribution in [3.63, 3.8) is 0 Å². The van der Waals surface area contributed by atoms with Gasteiger partial charge in [-0.05, 0) is 31.0 Å². The highest BCUT2D eigenvalue weighted by atomic mass is 19.4. The number of nitrogens with one attached hydrogen (secondary N) is 1. The first kappa shape index (κ1) is 20.1. The summed E-state index contributed by atoms with van der Waals surface area (Å²) in [5.41, 5.74) is -2.99. The summed E-state index contributed by atoms with van der Waals surface area (Å²) in [4.78, 5) is 11.6. The number of carbonyl (C=O) groups is 1. The molecule has 0 aliphatic rings. The van der Waals surface area contributed by atoms with Gasteiger partial charge in [0.15, 0.2) is 6.61 Å². The van der Waals surface area contributed by atoms with Crippen molar-refractivity contribution < 1.29 is 35.9 Å². The van der Waals surface area contributed by atoms with Crippen LogP contribution < -0.4 is 10.1 Å². The highest BCUT2D eigenvalue weighted by molar-refractivity contribution is 5.77. The summed E-state index contributed by atoms with van der Waals surface area (Å²) in [6.45, 7) is 2.99. The minimum absolute atomic E-state index is 0.00285. The smallest absolute Gasteiger partial charge is 0.416 e. The summed E-state index contributed by atoms with van der Waals surface area (Å²) in [7, 11) is 0. The van der Waals surface area contributed by atoms with Crippen LogP contribution in [0.4, 0.5) is 26.3 Å². The summed E-state index contributed by atoms with van der Waals surface area (Å²) < 4.78 is 81.0. The summed E-state index contributed by atoms with van der Waals surface area (Å²) in [6.07, 6.45) is -8.64. The number of rotatable bonds is 6. The molecule has 0 aromatic heterocycles. The summed E-state index contributed by atoms with van der Waals surface area (Å²) in [5.74, 6) is -1.29. The molecule has 0 atom stereocenters. The molecular weight excluding hydrogens is 340 g/mol. The van der Waals surface area contributed by atoms with E-state index in [-0.39, 0.29) is 12.1 Å². The molecule has 136 valence electrons. The Labute approximate surface area is 135 Å². The number of halogens is 6. The number of amides is 1. The molecule has 0 unspecified atom stereocenters. The zero-order valence-corrected chi connectivity index (χ0v) is 13.0. The predicted molar refractivity (Wildman–Crippen MR) is 74.5 cm³/mol. The monoisotopic (exact) mass is 357 g/mol. The Hall–Kier alpha value is -1.93. The van der Waals surface area contributed by atoms with Gasteiger partial charge in [0.2, 0.25) is 0 Å². The Morgan fingerprint density at radius 1 is 1.00 bits per heavy atom. The van der Waals surface area contributed by atoms with E-state index in [1.165, 1.54) is 0 Å². The van der Waals surface area contributed by atoms with Crippen molar-refractivity contribution in [1.82, 2.24) is 5.32 Å². The van der Waals surface area contributed by atoms with Gasteiger partial charge in [-0.1, -0.05) is 13.8 Å². The van der Waals surface area contributed by atoms with Crippen LogP contribution in [-0.4, -0.2) is 18.6 Å². The fourth-order valence-corrected chi connectivity index (χ4v) is 1.92. The molecule has 0 saturated carbocycles. The standard InChI is InChI=1S/C15H17F6NO2/c1-3-11(4-2)22-13(23)8-24-12-6-9(14(16,17)18)5-10(7-12)15(19,20)21/h5-7,11H,3-4,8H2,1-2H3,(H,22,23). The number of benzene rings is 1. The van der Waals surface area contributed by atoms with Crippen molar-refractivity contribution in [1.29, 1.82) is 0 Å². The Kier molecular flexibility index (Phi) is 6.50. The molecule has 0 aliphatic carbocycles. The van der Waals surface area contributed by atoms with E-state index in [1.54, 1.807) is 0 Å². The molecule has 1 rings (SSSR count). The van der Waals surface area contributed by atoms with Crippen molar-refractivity contribution in [3.05, 3.63) is 29.3 Å². The molecule has 0 spiro atoms. The molecule has 0 bridgehead atoms. The fourth-order valence-electron chi connectivity index (χ4n) is 1.92. The molecule has 9 heteroatoms. The van der Waals surface area contributed by atoms with Gasteiger partial charge in [0.1, 0.15) is 5.75 Å². The molecule has 0 saturated heterocycles. The van der Waals surface area contributed by atoms with Gasteiger partial charge >= 0.3 is 12.4 Å². The van der Waals surface area contributed by atoms with Crippen LogP contribution in [0, 0.1) is 0 Å². The zero-order valence-electron chi connectivity index (χ0n) is 13.0. The molecule has 1 N–H and O–H groups in total. The Morgan fingerprint density at radius 3 is 1.83 bits per heavy atom. The normalized spacial score (nSPS) is 12.4. The lowest BCUT2D eigenvalue weighted by molar-refractivity contribution is -0.143. The third kappa shape index (κ3) is 5.93. The third-order valence-electron chi connectivity index (χ3n) is 3.28. The molecule has 0 aliphatic heterocycles. The van der Waals surface area contributed by atoms with Crippen LogP contribution >= 0.6 is 0 Å². The SMILES string of the molecule is CCC(CC)NC(=O)COc1cc(C(F)(F)F)cc(C(F)(F)F)c1. The average molecular weight is 357 g/mol. The van der Waals surface area contributed by atoms with Crippen LogP contribution in [0.1, 0.15) is 37.8 Å². The highest BCUT2D eigenvalue weighted by Gasteiger charge is 2.37. The van der Waals surface area contributed by atoms with Crippen LogP contribution in [-0.2, 0) is 17.1 Å². The predicted octanol–water partition coefficient (Wildman–Crippen LogP) is 4.41. The van der Waals surface area contributed by atoms with Gasteiger partial charge in [-0.25, -0.2) is 0 Å². The van der Waals surface area contributed by atoms with Crippen molar-refractivity contribution >= 4 is 5.91 Å². The summed E-state index contributed by atoms with van der Waals surface area (Å²) in [5, 5.41) is 2.57. The first-order chi connectivity index (χ1) is 11.0. The number of carbonyl (C=O) groups excluding carboxylic acids is 1. The maximum Gasteiger partial charge on any atom is 0.416 e. The molecule has 0 fully saturated rings. The quantitative estimate of drug-likeness (QED) is 0.766. The van der Waals surface area contributed by atoms with Gasteiger partial charge in [0.25, 0.3) is 5.91 Å².